The fourth-order valence-electron chi connectivity index (χ4n) is 1.76. The summed E-state index contributed by atoms with van der Waals surface area (Å²) >= 11 is 5.23. The van der Waals surface area contributed by atoms with Gasteiger partial charge in [0.15, 0.2) is 0 Å². The number of hydrogen-bond donors (Lipinski definition) is 2. The van der Waals surface area contributed by atoms with Crippen molar-refractivity contribution in [3.8, 4) is 0 Å². The van der Waals surface area contributed by atoms with E-state index in [9.17, 15) is 0 Å². The molecule has 1 unspecified atom stereocenters. The molecule has 2 heterocycles. The molecular weight excluding hydrogens is 312 g/mol. The van der Waals surface area contributed by atoms with Crippen LogP contribution in [0.15, 0.2) is 28.2 Å². The second-order valence-electron chi connectivity index (χ2n) is 4.44. The van der Waals surface area contributed by atoms with Gasteiger partial charge in [0.1, 0.15) is 0 Å². The van der Waals surface area contributed by atoms with E-state index >= 15 is 0 Å². The predicted octanol–water partition coefficient (Wildman–Crippen LogP) is 3.04. The largest absolute Gasteiger partial charge is 0.271 e. The minimum atomic E-state index is 0.0925. The van der Waals surface area contributed by atoms with E-state index in [1.807, 2.05) is 23.0 Å². The molecule has 3 N–H and O–H groups in total. The van der Waals surface area contributed by atoms with Gasteiger partial charge in [-0.3, -0.25) is 16.0 Å². The Morgan fingerprint density at radius 1 is 1.50 bits per heavy atom. The number of hydrazine groups is 1. The Labute approximate surface area is 119 Å². The highest BCUT2D eigenvalue weighted by Gasteiger charge is 2.16. The molecule has 0 fully saturated rings. The third-order valence-electron chi connectivity index (χ3n) is 2.77. The lowest BCUT2D eigenvalue weighted by molar-refractivity contribution is 0.509. The molecule has 0 radical (unpaired) electrons. The first-order chi connectivity index (χ1) is 8.61. The van der Waals surface area contributed by atoms with Crippen LogP contribution in [0.25, 0.3) is 0 Å². The minimum Gasteiger partial charge on any atom is -0.271 e. The lowest BCUT2D eigenvalue weighted by atomic mass is 10.1. The molecule has 0 aliphatic carbocycles. The number of hydrogen-bond acceptors (Lipinski definition) is 4. The fraction of sp³-hybridized carbons (Fsp3) is 0.417. The number of rotatable bonds is 5. The van der Waals surface area contributed by atoms with Crippen LogP contribution in [-0.2, 0) is 6.42 Å². The van der Waals surface area contributed by atoms with Crippen molar-refractivity contribution < 1.29 is 0 Å². The first kappa shape index (κ1) is 13.7. The van der Waals surface area contributed by atoms with Gasteiger partial charge in [-0.25, -0.2) is 0 Å². The van der Waals surface area contributed by atoms with Gasteiger partial charge in [-0.15, -0.1) is 11.3 Å². The number of thiophene rings is 1. The Balaban J connectivity index is 2.13. The molecule has 2 aromatic heterocycles. The summed E-state index contributed by atoms with van der Waals surface area (Å²) in [5.41, 5.74) is 3.91. The predicted molar refractivity (Wildman–Crippen MR) is 78.4 cm³/mol. The van der Waals surface area contributed by atoms with E-state index in [1.165, 1.54) is 4.88 Å². The molecule has 4 nitrogen and oxygen atoms in total. The van der Waals surface area contributed by atoms with Gasteiger partial charge in [0, 0.05) is 28.0 Å². The van der Waals surface area contributed by atoms with Crippen LogP contribution in [0.1, 0.15) is 36.5 Å². The van der Waals surface area contributed by atoms with E-state index < -0.39 is 0 Å². The van der Waals surface area contributed by atoms with Crippen LogP contribution in [0.3, 0.4) is 0 Å². The minimum absolute atomic E-state index is 0.0925. The quantitative estimate of drug-likeness (QED) is 0.655. The molecule has 0 spiro atoms. The van der Waals surface area contributed by atoms with Crippen molar-refractivity contribution in [1.29, 1.82) is 0 Å². The maximum absolute atomic E-state index is 5.65. The summed E-state index contributed by atoms with van der Waals surface area (Å²) in [5, 5.41) is 6.60. The summed E-state index contributed by atoms with van der Waals surface area (Å²) in [7, 11) is 0. The van der Waals surface area contributed by atoms with Crippen molar-refractivity contribution >= 4 is 27.3 Å². The van der Waals surface area contributed by atoms with Crippen molar-refractivity contribution in [1.82, 2.24) is 15.2 Å². The van der Waals surface area contributed by atoms with Crippen LogP contribution in [0.4, 0.5) is 0 Å². The first-order valence-corrected chi connectivity index (χ1v) is 7.52. The Hall–Kier alpha value is -0.690. The summed E-state index contributed by atoms with van der Waals surface area (Å²) in [6.45, 7) is 4.23. The lowest BCUT2D eigenvalue weighted by Gasteiger charge is -2.13. The monoisotopic (exact) mass is 328 g/mol. The van der Waals surface area contributed by atoms with Crippen molar-refractivity contribution in [2.75, 3.05) is 0 Å². The molecule has 2 aromatic rings. The van der Waals surface area contributed by atoms with E-state index in [-0.39, 0.29) is 6.04 Å². The molecular formula is C12H17BrN4S. The summed E-state index contributed by atoms with van der Waals surface area (Å²) in [6, 6.07) is 4.56. The third kappa shape index (κ3) is 3.00. The highest BCUT2D eigenvalue weighted by molar-refractivity contribution is 9.10. The molecule has 6 heteroatoms. The van der Waals surface area contributed by atoms with Crippen molar-refractivity contribution in [3.05, 3.63) is 38.8 Å². The normalized spacial score (nSPS) is 13.2. The van der Waals surface area contributed by atoms with Crippen molar-refractivity contribution in [3.63, 3.8) is 0 Å². The highest BCUT2D eigenvalue weighted by Crippen LogP contribution is 2.30. The van der Waals surface area contributed by atoms with E-state index in [1.54, 1.807) is 11.3 Å². The molecule has 98 valence electrons. The molecule has 0 saturated carbocycles. The van der Waals surface area contributed by atoms with Crippen LogP contribution in [0.5, 0.6) is 0 Å². The first-order valence-electron chi connectivity index (χ1n) is 5.85. The van der Waals surface area contributed by atoms with Gasteiger partial charge >= 0.3 is 0 Å². The zero-order chi connectivity index (χ0) is 13.1. The van der Waals surface area contributed by atoms with Gasteiger partial charge in [0.25, 0.3) is 0 Å². The second-order valence-corrected chi connectivity index (χ2v) is 6.24. The molecule has 1 atom stereocenters. The van der Waals surface area contributed by atoms with Gasteiger partial charge in [0.05, 0.1) is 11.7 Å². The average Bonchev–Trinajstić information content (AvgIpc) is 2.95. The lowest BCUT2D eigenvalue weighted by Crippen LogP contribution is -2.29. The van der Waals surface area contributed by atoms with Crippen LogP contribution < -0.4 is 11.3 Å². The number of nitrogens with one attached hydrogen (secondary N) is 1. The van der Waals surface area contributed by atoms with Crippen molar-refractivity contribution in [2.24, 2.45) is 5.84 Å². The topological polar surface area (TPSA) is 55.9 Å². The van der Waals surface area contributed by atoms with E-state index in [0.717, 1.165) is 16.6 Å². The number of halogens is 1. The molecule has 0 aromatic carbocycles. The maximum Gasteiger partial charge on any atom is 0.0644 e. The Morgan fingerprint density at radius 2 is 2.28 bits per heavy atom. The van der Waals surface area contributed by atoms with Gasteiger partial charge in [0.2, 0.25) is 0 Å². The zero-order valence-electron chi connectivity index (χ0n) is 10.4. The summed E-state index contributed by atoms with van der Waals surface area (Å²) < 4.78 is 3.06. The number of nitrogens with zero attached hydrogens (tertiary/aromatic N) is 2. The van der Waals surface area contributed by atoms with Gasteiger partial charge < -0.3 is 0 Å². The maximum atomic E-state index is 5.65. The Bertz CT molecular complexity index is 506. The molecule has 0 bridgehead atoms. The van der Waals surface area contributed by atoms with Crippen LogP contribution >= 0.6 is 27.3 Å². The Kier molecular flexibility index (Phi) is 4.55. The van der Waals surface area contributed by atoms with Crippen LogP contribution in [0.2, 0.25) is 0 Å². The highest BCUT2D eigenvalue weighted by atomic mass is 79.9. The van der Waals surface area contributed by atoms with Gasteiger partial charge in [-0.2, -0.15) is 5.10 Å². The molecule has 18 heavy (non-hydrogen) atoms. The average molecular weight is 329 g/mol. The van der Waals surface area contributed by atoms with Gasteiger partial charge in [-0.05, 0) is 47.3 Å². The molecule has 0 saturated heterocycles. The number of aromatic nitrogens is 2. The molecule has 2 rings (SSSR count). The van der Waals surface area contributed by atoms with Crippen LogP contribution in [-0.4, -0.2) is 9.78 Å². The van der Waals surface area contributed by atoms with E-state index in [2.05, 4.69) is 45.7 Å². The SMILES string of the molecule is CC(C)n1ccc(CC(NN)c2sccc2Br)n1. The summed E-state index contributed by atoms with van der Waals surface area (Å²) in [5.74, 6) is 5.65. The third-order valence-corrected chi connectivity index (χ3v) is 4.75. The summed E-state index contributed by atoms with van der Waals surface area (Å²) in [4.78, 5) is 1.21. The Morgan fingerprint density at radius 3 is 2.78 bits per heavy atom. The van der Waals surface area contributed by atoms with Gasteiger partial charge in [-0.1, -0.05) is 0 Å². The smallest absolute Gasteiger partial charge is 0.0644 e. The standard InChI is InChI=1S/C12H17BrN4S/c1-8(2)17-5-3-9(16-17)7-11(15-14)12-10(13)4-6-18-12/h3-6,8,11,15H,7,14H2,1-2H3. The van der Waals surface area contributed by atoms with E-state index in [4.69, 9.17) is 5.84 Å². The number of nitrogens with two attached hydrogens (primary N) is 1. The molecule has 0 aliphatic rings. The second kappa shape index (κ2) is 5.97. The fourth-order valence-corrected chi connectivity index (χ4v) is 3.48. The van der Waals surface area contributed by atoms with Crippen molar-refractivity contribution in [2.45, 2.75) is 32.4 Å². The van der Waals surface area contributed by atoms with E-state index in [0.29, 0.717) is 6.04 Å². The summed E-state index contributed by atoms with van der Waals surface area (Å²) in [6.07, 6.45) is 2.80. The zero-order valence-corrected chi connectivity index (χ0v) is 12.8. The molecule has 0 amide bonds. The van der Waals surface area contributed by atoms with Crippen LogP contribution in [0, 0.1) is 0 Å². The molecule has 0 aliphatic heterocycles.